The molecule has 1 aromatic heterocycles. The topological polar surface area (TPSA) is 37.8 Å². The van der Waals surface area contributed by atoms with Gasteiger partial charge in [-0.2, -0.15) is 0 Å². The first-order chi connectivity index (χ1) is 8.90. The van der Waals surface area contributed by atoms with Gasteiger partial charge in [-0.05, 0) is 40.8 Å². The van der Waals surface area contributed by atoms with Gasteiger partial charge in [-0.1, -0.05) is 33.6 Å². The van der Waals surface area contributed by atoms with Crippen LogP contribution in [-0.2, 0) is 6.42 Å². The van der Waals surface area contributed by atoms with Crippen molar-refractivity contribution in [2.45, 2.75) is 58.8 Å². The molecular formula is C15H24IN3. The number of aromatic nitrogens is 2. The van der Waals surface area contributed by atoms with Crippen molar-refractivity contribution in [1.29, 1.82) is 0 Å². The summed E-state index contributed by atoms with van der Waals surface area (Å²) in [7, 11) is 1.95. The first kappa shape index (κ1) is 15.0. The van der Waals surface area contributed by atoms with Crippen LogP contribution in [0.4, 0.5) is 5.82 Å². The molecule has 19 heavy (non-hydrogen) atoms. The molecule has 1 aliphatic carbocycles. The van der Waals surface area contributed by atoms with Gasteiger partial charge in [0.05, 0.1) is 9.26 Å². The van der Waals surface area contributed by atoms with Gasteiger partial charge in [0.1, 0.15) is 11.6 Å². The fraction of sp³-hybridized carbons (Fsp3) is 0.733. The van der Waals surface area contributed by atoms with Crippen molar-refractivity contribution in [2.75, 3.05) is 12.4 Å². The fourth-order valence-corrected chi connectivity index (χ4v) is 3.65. The molecule has 0 aliphatic heterocycles. The predicted octanol–water partition coefficient (Wildman–Crippen LogP) is 4.37. The van der Waals surface area contributed by atoms with Crippen LogP contribution in [-0.4, -0.2) is 17.0 Å². The van der Waals surface area contributed by atoms with Crippen LogP contribution >= 0.6 is 22.6 Å². The SMILES string of the molecule is CNc1nc(CC(C)(C)C)nc(C2CCCC2)c1I. The zero-order chi connectivity index (χ0) is 14.0. The summed E-state index contributed by atoms with van der Waals surface area (Å²) in [6.07, 6.45) is 6.18. The lowest BCUT2D eigenvalue weighted by Crippen LogP contribution is -2.16. The summed E-state index contributed by atoms with van der Waals surface area (Å²) in [5.41, 5.74) is 1.50. The first-order valence-corrected chi connectivity index (χ1v) is 8.22. The Morgan fingerprint density at radius 2 is 1.84 bits per heavy atom. The van der Waals surface area contributed by atoms with Crippen LogP contribution < -0.4 is 5.32 Å². The Morgan fingerprint density at radius 1 is 1.21 bits per heavy atom. The summed E-state index contributed by atoms with van der Waals surface area (Å²) in [5, 5.41) is 3.23. The van der Waals surface area contributed by atoms with Crippen LogP contribution in [0.3, 0.4) is 0 Å². The Kier molecular flexibility index (Phi) is 4.69. The van der Waals surface area contributed by atoms with E-state index in [0.717, 1.165) is 18.1 Å². The Balaban J connectivity index is 2.37. The number of hydrogen-bond acceptors (Lipinski definition) is 3. The minimum atomic E-state index is 0.227. The summed E-state index contributed by atoms with van der Waals surface area (Å²) < 4.78 is 1.21. The van der Waals surface area contributed by atoms with Crippen LogP contribution in [0.1, 0.15) is 63.9 Å². The van der Waals surface area contributed by atoms with Gasteiger partial charge in [-0.3, -0.25) is 0 Å². The summed E-state index contributed by atoms with van der Waals surface area (Å²) in [6, 6.07) is 0. The largest absolute Gasteiger partial charge is 0.372 e. The highest BCUT2D eigenvalue weighted by atomic mass is 127. The molecule has 0 atom stereocenters. The van der Waals surface area contributed by atoms with Gasteiger partial charge in [-0.15, -0.1) is 0 Å². The lowest BCUT2D eigenvalue weighted by Gasteiger charge is -2.20. The molecule has 1 fully saturated rings. The van der Waals surface area contributed by atoms with Gasteiger partial charge in [-0.25, -0.2) is 9.97 Å². The summed E-state index contributed by atoms with van der Waals surface area (Å²) in [4.78, 5) is 9.57. The third-order valence-electron chi connectivity index (χ3n) is 3.59. The van der Waals surface area contributed by atoms with Gasteiger partial charge in [0.2, 0.25) is 0 Å². The van der Waals surface area contributed by atoms with E-state index in [1.165, 1.54) is 34.9 Å². The van der Waals surface area contributed by atoms with Crippen molar-refractivity contribution < 1.29 is 0 Å². The molecule has 1 heterocycles. The van der Waals surface area contributed by atoms with Gasteiger partial charge < -0.3 is 5.32 Å². The molecule has 1 N–H and O–H groups in total. The lowest BCUT2D eigenvalue weighted by molar-refractivity contribution is 0.399. The first-order valence-electron chi connectivity index (χ1n) is 7.15. The summed E-state index contributed by atoms with van der Waals surface area (Å²) in [5.74, 6) is 2.62. The van der Waals surface area contributed by atoms with Crippen LogP contribution in [0.2, 0.25) is 0 Å². The highest BCUT2D eigenvalue weighted by Crippen LogP contribution is 2.37. The molecule has 0 bridgehead atoms. The number of anilines is 1. The van der Waals surface area contributed by atoms with Crippen molar-refractivity contribution >= 4 is 28.4 Å². The molecule has 0 unspecified atom stereocenters. The van der Waals surface area contributed by atoms with E-state index in [-0.39, 0.29) is 5.41 Å². The molecule has 0 saturated heterocycles. The van der Waals surface area contributed by atoms with Gasteiger partial charge in [0.15, 0.2) is 0 Å². The maximum Gasteiger partial charge on any atom is 0.143 e. The summed E-state index contributed by atoms with van der Waals surface area (Å²) >= 11 is 2.40. The third kappa shape index (κ3) is 3.80. The molecule has 0 radical (unpaired) electrons. The second kappa shape index (κ2) is 5.94. The molecule has 106 valence electrons. The van der Waals surface area contributed by atoms with E-state index < -0.39 is 0 Å². The quantitative estimate of drug-likeness (QED) is 0.800. The standard InChI is InChI=1S/C15H24IN3/c1-15(2,3)9-11-18-13(10-7-5-6-8-10)12(16)14(17-4)19-11/h10H,5-9H2,1-4H3,(H,17,18,19). The maximum absolute atomic E-state index is 4.89. The average molecular weight is 373 g/mol. The maximum atomic E-state index is 4.89. The Hall–Kier alpha value is -0.390. The molecule has 0 spiro atoms. The van der Waals surface area contributed by atoms with Crippen LogP contribution in [0.15, 0.2) is 0 Å². The highest BCUT2D eigenvalue weighted by Gasteiger charge is 2.24. The number of nitrogens with zero attached hydrogens (tertiary/aromatic N) is 2. The van der Waals surface area contributed by atoms with Crippen LogP contribution in [0.25, 0.3) is 0 Å². The number of hydrogen-bond donors (Lipinski definition) is 1. The molecule has 2 rings (SSSR count). The Bertz CT molecular complexity index is 445. The molecule has 0 aromatic carbocycles. The fourth-order valence-electron chi connectivity index (χ4n) is 2.70. The minimum Gasteiger partial charge on any atom is -0.372 e. The molecule has 1 saturated carbocycles. The smallest absolute Gasteiger partial charge is 0.143 e. The van der Waals surface area contributed by atoms with E-state index in [0.29, 0.717) is 5.92 Å². The van der Waals surface area contributed by atoms with Crippen molar-refractivity contribution in [3.8, 4) is 0 Å². The molecule has 3 nitrogen and oxygen atoms in total. The average Bonchev–Trinajstić information content (AvgIpc) is 2.82. The van der Waals surface area contributed by atoms with Gasteiger partial charge in [0, 0.05) is 19.4 Å². The van der Waals surface area contributed by atoms with Crippen molar-refractivity contribution in [3.63, 3.8) is 0 Å². The Labute approximate surface area is 130 Å². The van der Waals surface area contributed by atoms with Crippen LogP contribution in [0, 0.1) is 8.99 Å². The third-order valence-corrected chi connectivity index (χ3v) is 4.65. The van der Waals surface area contributed by atoms with E-state index in [1.807, 2.05) is 7.05 Å². The number of rotatable bonds is 3. The number of nitrogens with one attached hydrogen (secondary N) is 1. The summed E-state index contributed by atoms with van der Waals surface area (Å²) in [6.45, 7) is 6.72. The van der Waals surface area contributed by atoms with Gasteiger partial charge in [0.25, 0.3) is 0 Å². The molecule has 1 aliphatic rings. The molecule has 4 heteroatoms. The second-order valence-electron chi connectivity index (χ2n) is 6.66. The van der Waals surface area contributed by atoms with E-state index in [4.69, 9.17) is 4.98 Å². The van der Waals surface area contributed by atoms with Crippen molar-refractivity contribution in [1.82, 2.24) is 9.97 Å². The van der Waals surface area contributed by atoms with E-state index in [1.54, 1.807) is 0 Å². The second-order valence-corrected chi connectivity index (χ2v) is 7.74. The lowest BCUT2D eigenvalue weighted by atomic mass is 9.92. The Morgan fingerprint density at radius 3 is 2.37 bits per heavy atom. The zero-order valence-corrected chi connectivity index (χ0v) is 14.5. The normalized spacial score (nSPS) is 16.9. The van der Waals surface area contributed by atoms with E-state index >= 15 is 0 Å². The van der Waals surface area contributed by atoms with E-state index in [2.05, 4.69) is 53.7 Å². The minimum absolute atomic E-state index is 0.227. The predicted molar refractivity (Wildman–Crippen MR) is 88.7 cm³/mol. The van der Waals surface area contributed by atoms with Gasteiger partial charge >= 0.3 is 0 Å². The van der Waals surface area contributed by atoms with Crippen LogP contribution in [0.5, 0.6) is 0 Å². The zero-order valence-electron chi connectivity index (χ0n) is 12.4. The van der Waals surface area contributed by atoms with Crippen molar-refractivity contribution in [3.05, 3.63) is 15.1 Å². The highest BCUT2D eigenvalue weighted by molar-refractivity contribution is 14.1. The van der Waals surface area contributed by atoms with Crippen molar-refractivity contribution in [2.24, 2.45) is 5.41 Å². The van der Waals surface area contributed by atoms with E-state index in [9.17, 15) is 0 Å². The molecule has 1 aromatic rings. The molecule has 0 amide bonds. The number of halogens is 1. The molecular weight excluding hydrogens is 349 g/mol. The monoisotopic (exact) mass is 373 g/mol.